The molecule has 0 bridgehead atoms. The summed E-state index contributed by atoms with van der Waals surface area (Å²) in [7, 11) is 1.53. The molecule has 2 atom stereocenters. The normalized spacial score (nSPS) is 19.3. The minimum atomic E-state index is -0.694. The maximum Gasteiger partial charge on any atom is 0.413 e. The van der Waals surface area contributed by atoms with Crippen molar-refractivity contribution in [1.82, 2.24) is 9.97 Å². The van der Waals surface area contributed by atoms with E-state index in [1.807, 2.05) is 6.92 Å². The number of benzene rings is 1. The molecule has 10 nitrogen and oxygen atoms in total. The van der Waals surface area contributed by atoms with Crippen LogP contribution in [0, 0.1) is 12.7 Å². The van der Waals surface area contributed by atoms with E-state index < -0.39 is 18.0 Å². The number of hydrogen-bond donors (Lipinski definition) is 3. The summed E-state index contributed by atoms with van der Waals surface area (Å²) < 4.78 is 36.8. The average Bonchev–Trinajstić information content (AvgIpc) is 3.29. The molecule has 1 amide bonds. The molecular weight excluding hydrogens is 445 g/mol. The fourth-order valence-corrected chi connectivity index (χ4v) is 4.17. The lowest BCUT2D eigenvalue weighted by molar-refractivity contribution is 0.0117. The number of carbonyl (C=O) groups excluding carboxylic acids is 1. The van der Waals surface area contributed by atoms with Gasteiger partial charge in [0.1, 0.15) is 24.2 Å². The Kier molecular flexibility index (Phi) is 5.80. The van der Waals surface area contributed by atoms with Crippen LogP contribution in [0.25, 0.3) is 21.9 Å². The quantitative estimate of drug-likeness (QED) is 0.494. The Labute approximate surface area is 194 Å². The molecular formula is C23H24FN5O5. The highest BCUT2D eigenvalue weighted by Gasteiger charge is 2.31. The van der Waals surface area contributed by atoms with Crippen molar-refractivity contribution in [3.8, 4) is 17.0 Å². The lowest BCUT2D eigenvalue weighted by Crippen LogP contribution is -2.33. The second-order valence-corrected chi connectivity index (χ2v) is 8.08. The first-order valence-corrected chi connectivity index (χ1v) is 10.8. The molecule has 2 aliphatic rings. The van der Waals surface area contributed by atoms with Crippen molar-refractivity contribution in [2.75, 3.05) is 49.8 Å². The topological polar surface area (TPSA) is 130 Å². The number of nitrogens with zero attached hydrogens (tertiary/aromatic N) is 2. The number of ether oxygens (including phenoxy) is 4. The van der Waals surface area contributed by atoms with Gasteiger partial charge in [0, 0.05) is 42.6 Å². The molecule has 0 aliphatic carbocycles. The minimum Gasteiger partial charge on any atom is -0.474 e. The van der Waals surface area contributed by atoms with E-state index in [0.717, 1.165) is 11.3 Å². The predicted molar refractivity (Wildman–Crippen MR) is 124 cm³/mol. The molecule has 5 rings (SSSR count). The van der Waals surface area contributed by atoms with E-state index in [2.05, 4.69) is 20.6 Å². The van der Waals surface area contributed by atoms with Gasteiger partial charge in [-0.05, 0) is 30.0 Å². The van der Waals surface area contributed by atoms with Gasteiger partial charge < -0.3 is 30.0 Å². The van der Waals surface area contributed by atoms with E-state index in [-0.39, 0.29) is 29.8 Å². The fraction of sp³-hybridized carbons (Fsp3) is 0.348. The second-order valence-electron chi connectivity index (χ2n) is 8.08. The van der Waals surface area contributed by atoms with Gasteiger partial charge in [0.05, 0.1) is 18.9 Å². The van der Waals surface area contributed by atoms with Crippen LogP contribution in [-0.2, 0) is 14.2 Å². The SMILES string of the molecule is CO[C@@H]1COC[C@H]1OC(=O)Nc1cc2cc(-c3cnc4c(c3C)NCCO4)c(F)c(N)c2cn1. The van der Waals surface area contributed by atoms with Crippen LogP contribution in [0.5, 0.6) is 5.88 Å². The first-order valence-electron chi connectivity index (χ1n) is 10.8. The molecule has 34 heavy (non-hydrogen) atoms. The van der Waals surface area contributed by atoms with Crippen LogP contribution in [0.3, 0.4) is 0 Å². The molecule has 0 saturated carbocycles. The smallest absolute Gasteiger partial charge is 0.413 e. The lowest BCUT2D eigenvalue weighted by Gasteiger charge is -2.22. The molecule has 4 heterocycles. The summed E-state index contributed by atoms with van der Waals surface area (Å²) in [6.07, 6.45) is 1.45. The summed E-state index contributed by atoms with van der Waals surface area (Å²) >= 11 is 0. The highest BCUT2D eigenvalue weighted by Crippen LogP contribution is 2.39. The van der Waals surface area contributed by atoms with Crippen molar-refractivity contribution in [3.05, 3.63) is 35.9 Å². The molecule has 2 aromatic heterocycles. The van der Waals surface area contributed by atoms with E-state index in [1.54, 1.807) is 18.3 Å². The number of nitrogens with two attached hydrogens (primary N) is 1. The molecule has 4 N–H and O–H groups in total. The third-order valence-corrected chi connectivity index (χ3v) is 6.01. The Hall–Kier alpha value is -3.70. The van der Waals surface area contributed by atoms with Crippen molar-refractivity contribution in [2.45, 2.75) is 19.1 Å². The summed E-state index contributed by atoms with van der Waals surface area (Å²) in [5.74, 6) is 0.153. The van der Waals surface area contributed by atoms with Crippen LogP contribution in [0.1, 0.15) is 5.56 Å². The highest BCUT2D eigenvalue weighted by atomic mass is 19.1. The van der Waals surface area contributed by atoms with Gasteiger partial charge in [-0.1, -0.05) is 0 Å². The van der Waals surface area contributed by atoms with Crippen molar-refractivity contribution < 1.29 is 28.1 Å². The summed E-state index contributed by atoms with van der Waals surface area (Å²) in [6, 6.07) is 3.27. The average molecular weight is 469 g/mol. The third kappa shape index (κ3) is 3.93. The van der Waals surface area contributed by atoms with Gasteiger partial charge in [-0.25, -0.2) is 19.2 Å². The molecule has 0 spiro atoms. The van der Waals surface area contributed by atoms with Crippen LogP contribution < -0.4 is 21.1 Å². The van der Waals surface area contributed by atoms with Gasteiger partial charge in [-0.2, -0.15) is 0 Å². The second kappa shape index (κ2) is 8.92. The number of nitrogens with one attached hydrogen (secondary N) is 2. The van der Waals surface area contributed by atoms with E-state index in [0.29, 0.717) is 42.0 Å². The van der Waals surface area contributed by atoms with Gasteiger partial charge in [0.2, 0.25) is 5.88 Å². The van der Waals surface area contributed by atoms with Crippen LogP contribution in [0.4, 0.5) is 26.4 Å². The lowest BCUT2D eigenvalue weighted by atomic mass is 9.97. The number of halogens is 1. The fourth-order valence-electron chi connectivity index (χ4n) is 4.17. The number of methoxy groups -OCH3 is 1. The number of nitrogen functional groups attached to an aromatic ring is 1. The number of carbonyl (C=O) groups is 1. The first kappa shape index (κ1) is 22.1. The summed E-state index contributed by atoms with van der Waals surface area (Å²) in [6.45, 7) is 3.63. The third-order valence-electron chi connectivity index (χ3n) is 6.01. The van der Waals surface area contributed by atoms with Gasteiger partial charge in [0.15, 0.2) is 11.9 Å². The summed E-state index contributed by atoms with van der Waals surface area (Å²) in [5, 5.41) is 6.87. The maximum atomic E-state index is 15.3. The summed E-state index contributed by atoms with van der Waals surface area (Å²) in [4.78, 5) is 20.9. The van der Waals surface area contributed by atoms with Crippen molar-refractivity contribution in [3.63, 3.8) is 0 Å². The number of amides is 1. The largest absolute Gasteiger partial charge is 0.474 e. The van der Waals surface area contributed by atoms with E-state index in [4.69, 9.17) is 24.7 Å². The Morgan fingerprint density at radius 1 is 1.24 bits per heavy atom. The number of rotatable bonds is 4. The van der Waals surface area contributed by atoms with Crippen LogP contribution in [0.15, 0.2) is 24.5 Å². The van der Waals surface area contributed by atoms with Crippen molar-refractivity contribution in [2.24, 2.45) is 0 Å². The van der Waals surface area contributed by atoms with Gasteiger partial charge in [0.25, 0.3) is 0 Å². The van der Waals surface area contributed by atoms with Crippen LogP contribution >= 0.6 is 0 Å². The Morgan fingerprint density at radius 3 is 2.88 bits per heavy atom. The van der Waals surface area contributed by atoms with Crippen molar-refractivity contribution in [1.29, 1.82) is 0 Å². The zero-order chi connectivity index (χ0) is 23.8. The number of pyridine rings is 2. The molecule has 1 fully saturated rings. The Bertz CT molecular complexity index is 1270. The molecule has 0 radical (unpaired) electrons. The molecule has 11 heteroatoms. The molecule has 3 aromatic rings. The van der Waals surface area contributed by atoms with Crippen LogP contribution in [-0.4, -0.2) is 61.7 Å². The zero-order valence-electron chi connectivity index (χ0n) is 18.7. The van der Waals surface area contributed by atoms with E-state index in [9.17, 15) is 4.79 Å². The van der Waals surface area contributed by atoms with Gasteiger partial charge >= 0.3 is 6.09 Å². The predicted octanol–water partition coefficient (Wildman–Crippen LogP) is 3.09. The minimum absolute atomic E-state index is 0.0403. The number of hydrogen-bond acceptors (Lipinski definition) is 9. The number of anilines is 3. The highest BCUT2D eigenvalue weighted by molar-refractivity contribution is 5.99. The molecule has 1 aromatic carbocycles. The number of fused-ring (bicyclic) bond motifs is 2. The maximum absolute atomic E-state index is 15.3. The standard InChI is InChI=1S/C23H24FN5O5/c1-11-14(7-28-22-21(11)26-3-4-33-22)13-5-12-6-18(27-8-15(12)20(25)19(13)24)29-23(30)34-17-10-32-9-16(17)31-2/h5-8,16-17,26H,3-4,9-10,25H2,1-2H3,(H,27,29,30)/t16-,17-/m1/s1. The molecule has 178 valence electrons. The molecule has 0 unspecified atom stereocenters. The Balaban J connectivity index is 1.46. The Morgan fingerprint density at radius 2 is 2.06 bits per heavy atom. The molecule has 1 saturated heterocycles. The van der Waals surface area contributed by atoms with Crippen LogP contribution in [0.2, 0.25) is 0 Å². The van der Waals surface area contributed by atoms with Gasteiger partial charge in [-0.15, -0.1) is 0 Å². The van der Waals surface area contributed by atoms with Gasteiger partial charge in [-0.3, -0.25) is 5.32 Å². The molecule has 2 aliphatic heterocycles. The van der Waals surface area contributed by atoms with E-state index in [1.165, 1.54) is 13.3 Å². The number of aromatic nitrogens is 2. The van der Waals surface area contributed by atoms with Crippen molar-refractivity contribution >= 4 is 34.1 Å². The van der Waals surface area contributed by atoms with E-state index >= 15 is 4.39 Å². The first-order chi connectivity index (χ1) is 16.5. The monoisotopic (exact) mass is 469 g/mol. The summed E-state index contributed by atoms with van der Waals surface area (Å²) in [5.41, 5.74) is 8.48. The zero-order valence-corrected chi connectivity index (χ0v) is 18.7.